The van der Waals surface area contributed by atoms with E-state index in [1.54, 1.807) is 17.7 Å². The van der Waals surface area contributed by atoms with Gasteiger partial charge in [-0.3, -0.25) is 9.20 Å². The van der Waals surface area contributed by atoms with E-state index in [9.17, 15) is 4.79 Å². The minimum absolute atomic E-state index is 0.197. The van der Waals surface area contributed by atoms with Crippen molar-refractivity contribution >= 4 is 27.5 Å². The fourth-order valence-corrected chi connectivity index (χ4v) is 2.75. The van der Waals surface area contributed by atoms with Crippen molar-refractivity contribution in [1.29, 1.82) is 0 Å². The predicted molar refractivity (Wildman–Crippen MR) is 98.5 cm³/mol. The average Bonchev–Trinajstić information content (AvgIpc) is 2.94. The third-order valence-electron chi connectivity index (χ3n) is 3.69. The maximum Gasteiger partial charge on any atom is 0.270 e. The number of imidazole rings is 1. The molecule has 0 fully saturated rings. The molecule has 0 aliphatic rings. The van der Waals surface area contributed by atoms with Gasteiger partial charge in [0.05, 0.1) is 25.5 Å². The summed E-state index contributed by atoms with van der Waals surface area (Å²) in [6.45, 7) is 2.59. The first-order valence-corrected chi connectivity index (χ1v) is 8.57. The lowest BCUT2D eigenvalue weighted by Gasteiger charge is -2.09. The number of ether oxygens (including phenoxy) is 2. The highest BCUT2D eigenvalue weighted by Gasteiger charge is 2.16. The summed E-state index contributed by atoms with van der Waals surface area (Å²) in [7, 11) is 1.59. The summed E-state index contributed by atoms with van der Waals surface area (Å²) in [6.07, 6.45) is 1.75. The topological polar surface area (TPSA) is 64.9 Å². The highest BCUT2D eigenvalue weighted by atomic mass is 79.9. The van der Waals surface area contributed by atoms with E-state index in [2.05, 4.69) is 26.2 Å². The van der Waals surface area contributed by atoms with Gasteiger partial charge in [-0.2, -0.15) is 0 Å². The number of hydrogen-bond donors (Lipinski definition) is 1. The standard InChI is InChI=1S/C18H18BrN3O3/c1-12-17(22-11-15(24-2)7-8-16(22)21-12)18(23)20-9-10-25-14-5-3-13(19)4-6-14/h3-8,11H,9-10H2,1-2H3,(H,20,23). The highest BCUT2D eigenvalue weighted by molar-refractivity contribution is 9.10. The molecule has 0 aliphatic carbocycles. The lowest BCUT2D eigenvalue weighted by molar-refractivity contribution is 0.0940. The lowest BCUT2D eigenvalue weighted by atomic mass is 10.3. The minimum Gasteiger partial charge on any atom is -0.495 e. The van der Waals surface area contributed by atoms with Crippen molar-refractivity contribution < 1.29 is 14.3 Å². The minimum atomic E-state index is -0.197. The third-order valence-corrected chi connectivity index (χ3v) is 4.22. The average molecular weight is 404 g/mol. The summed E-state index contributed by atoms with van der Waals surface area (Å²) in [4.78, 5) is 16.9. The smallest absolute Gasteiger partial charge is 0.270 e. The number of benzene rings is 1. The van der Waals surface area contributed by atoms with E-state index in [1.165, 1.54) is 0 Å². The molecule has 2 heterocycles. The first-order chi connectivity index (χ1) is 12.1. The Morgan fingerprint density at radius 2 is 1.92 bits per heavy atom. The maximum absolute atomic E-state index is 12.5. The number of carbonyl (C=O) groups excluding carboxylic acids is 1. The van der Waals surface area contributed by atoms with Gasteiger partial charge in [0.2, 0.25) is 0 Å². The second-order valence-corrected chi connectivity index (χ2v) is 6.32. The van der Waals surface area contributed by atoms with Crippen LogP contribution in [-0.4, -0.2) is 35.6 Å². The Labute approximate surface area is 153 Å². The number of nitrogens with one attached hydrogen (secondary N) is 1. The Kier molecular flexibility index (Phi) is 5.23. The van der Waals surface area contributed by atoms with E-state index < -0.39 is 0 Å². The highest BCUT2D eigenvalue weighted by Crippen LogP contribution is 2.18. The Morgan fingerprint density at radius 1 is 1.20 bits per heavy atom. The second kappa shape index (κ2) is 7.57. The largest absolute Gasteiger partial charge is 0.495 e. The first kappa shape index (κ1) is 17.3. The van der Waals surface area contributed by atoms with E-state index in [0.717, 1.165) is 10.2 Å². The molecule has 3 rings (SSSR count). The molecule has 1 amide bonds. The molecule has 25 heavy (non-hydrogen) atoms. The molecule has 0 saturated carbocycles. The van der Waals surface area contributed by atoms with Crippen molar-refractivity contribution in [1.82, 2.24) is 14.7 Å². The fraction of sp³-hybridized carbons (Fsp3) is 0.222. The summed E-state index contributed by atoms with van der Waals surface area (Å²) < 4.78 is 13.6. The molecule has 0 spiro atoms. The molecule has 0 bridgehead atoms. The second-order valence-electron chi connectivity index (χ2n) is 5.40. The van der Waals surface area contributed by atoms with Crippen LogP contribution in [0.4, 0.5) is 0 Å². The molecule has 130 valence electrons. The van der Waals surface area contributed by atoms with Gasteiger partial charge in [-0.15, -0.1) is 0 Å². The lowest BCUT2D eigenvalue weighted by Crippen LogP contribution is -2.29. The molecule has 2 aromatic heterocycles. The quantitative estimate of drug-likeness (QED) is 0.641. The summed E-state index contributed by atoms with van der Waals surface area (Å²) in [6, 6.07) is 11.2. The Bertz CT molecular complexity index is 890. The first-order valence-electron chi connectivity index (χ1n) is 7.78. The van der Waals surface area contributed by atoms with Crippen LogP contribution in [0.25, 0.3) is 5.65 Å². The van der Waals surface area contributed by atoms with Crippen LogP contribution in [0.15, 0.2) is 47.1 Å². The number of aryl methyl sites for hydroxylation is 1. The Morgan fingerprint density at radius 3 is 2.64 bits per heavy atom. The summed E-state index contributed by atoms with van der Waals surface area (Å²) in [5.41, 5.74) is 1.87. The molecular formula is C18H18BrN3O3. The number of pyridine rings is 1. The predicted octanol–water partition coefficient (Wildman–Crippen LogP) is 3.22. The van der Waals surface area contributed by atoms with Gasteiger partial charge in [-0.1, -0.05) is 15.9 Å². The maximum atomic E-state index is 12.5. The zero-order valence-electron chi connectivity index (χ0n) is 14.0. The molecule has 0 radical (unpaired) electrons. The number of halogens is 1. The number of amides is 1. The van der Waals surface area contributed by atoms with Gasteiger partial charge in [0.25, 0.3) is 5.91 Å². The van der Waals surface area contributed by atoms with Crippen molar-refractivity contribution in [3.05, 3.63) is 58.5 Å². The van der Waals surface area contributed by atoms with Gasteiger partial charge in [-0.05, 0) is 43.3 Å². The molecule has 0 atom stereocenters. The van der Waals surface area contributed by atoms with E-state index in [4.69, 9.17) is 9.47 Å². The fourth-order valence-electron chi connectivity index (χ4n) is 2.49. The zero-order chi connectivity index (χ0) is 17.8. The van der Waals surface area contributed by atoms with Crippen LogP contribution in [0.1, 0.15) is 16.2 Å². The van der Waals surface area contributed by atoms with Crippen molar-refractivity contribution in [2.45, 2.75) is 6.92 Å². The van der Waals surface area contributed by atoms with Crippen LogP contribution < -0.4 is 14.8 Å². The van der Waals surface area contributed by atoms with Gasteiger partial charge in [-0.25, -0.2) is 4.98 Å². The zero-order valence-corrected chi connectivity index (χ0v) is 15.5. The molecule has 3 aromatic rings. The third kappa shape index (κ3) is 3.93. The van der Waals surface area contributed by atoms with Gasteiger partial charge >= 0.3 is 0 Å². The van der Waals surface area contributed by atoms with Gasteiger partial charge in [0.1, 0.15) is 29.4 Å². The van der Waals surface area contributed by atoms with Crippen molar-refractivity contribution in [3.8, 4) is 11.5 Å². The Balaban J connectivity index is 1.64. The number of hydrogen-bond acceptors (Lipinski definition) is 4. The molecule has 0 unspecified atom stereocenters. The molecule has 0 saturated heterocycles. The van der Waals surface area contributed by atoms with E-state index in [1.807, 2.05) is 43.3 Å². The summed E-state index contributed by atoms with van der Waals surface area (Å²) in [5, 5.41) is 2.86. The number of nitrogens with zero attached hydrogens (tertiary/aromatic N) is 2. The number of methoxy groups -OCH3 is 1. The number of fused-ring (bicyclic) bond motifs is 1. The van der Waals surface area contributed by atoms with Gasteiger partial charge in [0.15, 0.2) is 0 Å². The van der Waals surface area contributed by atoms with Gasteiger partial charge in [0, 0.05) is 4.47 Å². The van der Waals surface area contributed by atoms with Crippen LogP contribution in [0.2, 0.25) is 0 Å². The normalized spacial score (nSPS) is 10.7. The van der Waals surface area contributed by atoms with Crippen LogP contribution in [0.3, 0.4) is 0 Å². The molecule has 1 N–H and O–H groups in total. The van der Waals surface area contributed by atoms with Crippen LogP contribution in [-0.2, 0) is 0 Å². The Hall–Kier alpha value is -2.54. The van der Waals surface area contributed by atoms with Crippen LogP contribution in [0.5, 0.6) is 11.5 Å². The monoisotopic (exact) mass is 403 g/mol. The van der Waals surface area contributed by atoms with Gasteiger partial charge < -0.3 is 14.8 Å². The van der Waals surface area contributed by atoms with Crippen LogP contribution in [0, 0.1) is 6.92 Å². The number of rotatable bonds is 6. The van der Waals surface area contributed by atoms with E-state index in [-0.39, 0.29) is 5.91 Å². The summed E-state index contributed by atoms with van der Waals surface area (Å²) in [5.74, 6) is 1.23. The number of aromatic nitrogens is 2. The molecule has 6 nitrogen and oxygen atoms in total. The van der Waals surface area contributed by atoms with E-state index >= 15 is 0 Å². The van der Waals surface area contributed by atoms with Crippen molar-refractivity contribution in [2.24, 2.45) is 0 Å². The van der Waals surface area contributed by atoms with Crippen molar-refractivity contribution in [3.63, 3.8) is 0 Å². The molecule has 0 aliphatic heterocycles. The van der Waals surface area contributed by atoms with Crippen molar-refractivity contribution in [2.75, 3.05) is 20.3 Å². The number of carbonyl (C=O) groups is 1. The molecule has 7 heteroatoms. The molecular weight excluding hydrogens is 386 g/mol. The van der Waals surface area contributed by atoms with Crippen LogP contribution >= 0.6 is 15.9 Å². The SMILES string of the molecule is COc1ccc2nc(C)c(C(=O)NCCOc3ccc(Br)cc3)n2c1. The van der Waals surface area contributed by atoms with E-state index in [0.29, 0.717) is 35.9 Å². The molecule has 1 aromatic carbocycles. The summed E-state index contributed by atoms with van der Waals surface area (Å²) >= 11 is 3.38.